The Morgan fingerprint density at radius 2 is 2.06 bits per heavy atom. The van der Waals surface area contributed by atoms with E-state index in [4.69, 9.17) is 4.42 Å². The molecule has 1 aromatic heterocycles. The Hall–Kier alpha value is -1.22. The van der Waals surface area contributed by atoms with Crippen molar-refractivity contribution >= 4 is 21.6 Å². The predicted octanol–water partition coefficient (Wildman–Crippen LogP) is 4.27. The average molecular weight is 280 g/mol. The molecule has 0 atom stereocenters. The SMILES string of the molecule is Cc1ccoc1CNc1cccc(Br)c1C. The molecule has 0 spiro atoms. The van der Waals surface area contributed by atoms with Gasteiger partial charge in [-0.15, -0.1) is 0 Å². The first-order valence-corrected chi connectivity index (χ1v) is 5.99. The van der Waals surface area contributed by atoms with Crippen LogP contribution in [0.3, 0.4) is 0 Å². The molecule has 0 aliphatic rings. The van der Waals surface area contributed by atoms with Crippen molar-refractivity contribution in [2.45, 2.75) is 20.4 Å². The summed E-state index contributed by atoms with van der Waals surface area (Å²) < 4.78 is 6.50. The molecule has 1 heterocycles. The van der Waals surface area contributed by atoms with Gasteiger partial charge in [-0.25, -0.2) is 0 Å². The third-order valence-corrected chi connectivity index (χ3v) is 3.53. The largest absolute Gasteiger partial charge is 0.467 e. The summed E-state index contributed by atoms with van der Waals surface area (Å²) in [4.78, 5) is 0. The average Bonchev–Trinajstić information content (AvgIpc) is 2.67. The van der Waals surface area contributed by atoms with E-state index >= 15 is 0 Å². The van der Waals surface area contributed by atoms with E-state index in [1.807, 2.05) is 25.1 Å². The maximum Gasteiger partial charge on any atom is 0.125 e. The van der Waals surface area contributed by atoms with E-state index in [0.29, 0.717) is 0 Å². The molecule has 0 aliphatic carbocycles. The summed E-state index contributed by atoms with van der Waals surface area (Å²) in [5, 5.41) is 3.37. The molecule has 0 saturated carbocycles. The van der Waals surface area contributed by atoms with E-state index in [0.717, 1.165) is 22.5 Å². The highest BCUT2D eigenvalue weighted by Gasteiger charge is 2.04. The molecule has 2 rings (SSSR count). The van der Waals surface area contributed by atoms with Gasteiger partial charge in [-0.3, -0.25) is 0 Å². The lowest BCUT2D eigenvalue weighted by Crippen LogP contribution is -2.01. The van der Waals surface area contributed by atoms with Crippen LogP contribution in [-0.2, 0) is 6.54 Å². The first-order chi connectivity index (χ1) is 7.68. The van der Waals surface area contributed by atoms with Crippen molar-refractivity contribution in [2.75, 3.05) is 5.32 Å². The summed E-state index contributed by atoms with van der Waals surface area (Å²) in [7, 11) is 0. The molecule has 0 fully saturated rings. The molecule has 3 heteroatoms. The Balaban J connectivity index is 2.11. The molecular formula is C13H14BrNO. The molecule has 0 saturated heterocycles. The zero-order valence-electron chi connectivity index (χ0n) is 9.38. The van der Waals surface area contributed by atoms with Gasteiger partial charge in [-0.2, -0.15) is 0 Å². The fourth-order valence-corrected chi connectivity index (χ4v) is 1.93. The van der Waals surface area contributed by atoms with Crippen molar-refractivity contribution in [1.82, 2.24) is 0 Å². The Kier molecular flexibility index (Phi) is 3.34. The van der Waals surface area contributed by atoms with Crippen LogP contribution in [0.15, 0.2) is 39.4 Å². The molecule has 2 aromatic rings. The number of hydrogen-bond donors (Lipinski definition) is 1. The number of anilines is 1. The standard InChI is InChI=1S/C13H14BrNO/c1-9-6-7-16-13(9)8-15-12-5-3-4-11(14)10(12)2/h3-7,15H,8H2,1-2H3. The van der Waals surface area contributed by atoms with Crippen molar-refractivity contribution in [3.05, 3.63) is 51.9 Å². The van der Waals surface area contributed by atoms with Crippen LogP contribution in [0.5, 0.6) is 0 Å². The fourth-order valence-electron chi connectivity index (χ4n) is 1.56. The van der Waals surface area contributed by atoms with Crippen molar-refractivity contribution in [3.63, 3.8) is 0 Å². The van der Waals surface area contributed by atoms with Gasteiger partial charge >= 0.3 is 0 Å². The fraction of sp³-hybridized carbons (Fsp3) is 0.231. The predicted molar refractivity (Wildman–Crippen MR) is 69.7 cm³/mol. The first kappa shape index (κ1) is 11.3. The number of rotatable bonds is 3. The van der Waals surface area contributed by atoms with Gasteiger partial charge in [0.1, 0.15) is 5.76 Å². The lowest BCUT2D eigenvalue weighted by Gasteiger charge is -2.09. The number of nitrogens with one attached hydrogen (secondary N) is 1. The van der Waals surface area contributed by atoms with Crippen LogP contribution >= 0.6 is 15.9 Å². The summed E-state index contributed by atoms with van der Waals surface area (Å²) in [6.07, 6.45) is 1.72. The summed E-state index contributed by atoms with van der Waals surface area (Å²) in [6.45, 7) is 4.85. The Morgan fingerprint density at radius 3 is 2.75 bits per heavy atom. The van der Waals surface area contributed by atoms with Gasteiger partial charge in [0.15, 0.2) is 0 Å². The van der Waals surface area contributed by atoms with Gasteiger partial charge in [0.05, 0.1) is 12.8 Å². The molecule has 2 nitrogen and oxygen atoms in total. The Bertz CT molecular complexity index is 490. The van der Waals surface area contributed by atoms with Gasteiger partial charge in [-0.05, 0) is 43.2 Å². The molecular weight excluding hydrogens is 266 g/mol. The first-order valence-electron chi connectivity index (χ1n) is 5.20. The second-order valence-corrected chi connectivity index (χ2v) is 4.65. The molecule has 84 valence electrons. The zero-order chi connectivity index (χ0) is 11.5. The number of aryl methyl sites for hydroxylation is 1. The molecule has 0 aliphatic heterocycles. The van der Waals surface area contributed by atoms with Crippen LogP contribution in [0.2, 0.25) is 0 Å². The van der Waals surface area contributed by atoms with Crippen molar-refractivity contribution in [3.8, 4) is 0 Å². The van der Waals surface area contributed by atoms with E-state index in [1.54, 1.807) is 6.26 Å². The Morgan fingerprint density at radius 1 is 1.25 bits per heavy atom. The number of halogens is 1. The molecule has 1 N–H and O–H groups in total. The second-order valence-electron chi connectivity index (χ2n) is 3.79. The molecule has 0 radical (unpaired) electrons. The van der Waals surface area contributed by atoms with E-state index < -0.39 is 0 Å². The smallest absolute Gasteiger partial charge is 0.125 e. The van der Waals surface area contributed by atoms with Gasteiger partial charge in [-0.1, -0.05) is 22.0 Å². The van der Waals surface area contributed by atoms with Crippen LogP contribution in [0, 0.1) is 13.8 Å². The second kappa shape index (κ2) is 4.74. The van der Waals surface area contributed by atoms with Crippen molar-refractivity contribution in [1.29, 1.82) is 0 Å². The lowest BCUT2D eigenvalue weighted by molar-refractivity contribution is 0.515. The quantitative estimate of drug-likeness (QED) is 0.908. The van der Waals surface area contributed by atoms with E-state index in [-0.39, 0.29) is 0 Å². The maximum absolute atomic E-state index is 5.38. The maximum atomic E-state index is 5.38. The minimum absolute atomic E-state index is 0.718. The molecule has 0 bridgehead atoms. The molecule has 16 heavy (non-hydrogen) atoms. The molecule has 1 aromatic carbocycles. The van der Waals surface area contributed by atoms with Crippen LogP contribution in [0.25, 0.3) is 0 Å². The third kappa shape index (κ3) is 2.30. The number of hydrogen-bond acceptors (Lipinski definition) is 2. The third-order valence-electron chi connectivity index (χ3n) is 2.68. The van der Waals surface area contributed by atoms with Crippen LogP contribution in [0.4, 0.5) is 5.69 Å². The summed E-state index contributed by atoms with van der Waals surface area (Å²) in [6, 6.07) is 8.11. The van der Waals surface area contributed by atoms with E-state index in [2.05, 4.69) is 34.2 Å². The van der Waals surface area contributed by atoms with Gasteiger partial charge < -0.3 is 9.73 Å². The van der Waals surface area contributed by atoms with Crippen molar-refractivity contribution in [2.24, 2.45) is 0 Å². The highest BCUT2D eigenvalue weighted by atomic mass is 79.9. The Labute approximate surface area is 104 Å². The van der Waals surface area contributed by atoms with Crippen LogP contribution < -0.4 is 5.32 Å². The summed E-state index contributed by atoms with van der Waals surface area (Å²) in [5.74, 6) is 0.986. The summed E-state index contributed by atoms with van der Waals surface area (Å²) >= 11 is 3.52. The van der Waals surface area contributed by atoms with Crippen LogP contribution in [-0.4, -0.2) is 0 Å². The zero-order valence-corrected chi connectivity index (χ0v) is 11.0. The minimum Gasteiger partial charge on any atom is -0.467 e. The lowest BCUT2D eigenvalue weighted by atomic mass is 10.2. The highest BCUT2D eigenvalue weighted by molar-refractivity contribution is 9.10. The van der Waals surface area contributed by atoms with Gasteiger partial charge in [0.2, 0.25) is 0 Å². The number of furan rings is 1. The highest BCUT2D eigenvalue weighted by Crippen LogP contribution is 2.24. The summed E-state index contributed by atoms with van der Waals surface area (Å²) in [5.41, 5.74) is 3.53. The normalized spacial score (nSPS) is 10.4. The molecule has 0 unspecified atom stereocenters. The molecule has 0 amide bonds. The minimum atomic E-state index is 0.718. The van der Waals surface area contributed by atoms with Gasteiger partial charge in [0, 0.05) is 10.2 Å². The van der Waals surface area contributed by atoms with Gasteiger partial charge in [0.25, 0.3) is 0 Å². The van der Waals surface area contributed by atoms with E-state index in [9.17, 15) is 0 Å². The topological polar surface area (TPSA) is 25.2 Å². The number of benzene rings is 1. The van der Waals surface area contributed by atoms with Crippen molar-refractivity contribution < 1.29 is 4.42 Å². The monoisotopic (exact) mass is 279 g/mol. The van der Waals surface area contributed by atoms with E-state index in [1.165, 1.54) is 11.1 Å². The van der Waals surface area contributed by atoms with Crippen LogP contribution in [0.1, 0.15) is 16.9 Å².